The zero-order chi connectivity index (χ0) is 8.43. The van der Waals surface area contributed by atoms with Crippen LogP contribution in [-0.2, 0) is 0 Å². The highest BCUT2D eigenvalue weighted by atomic mass is 14.4. The molecule has 0 aliphatic heterocycles. The predicted molar refractivity (Wildman–Crippen MR) is 50.5 cm³/mol. The molecule has 0 amide bonds. The van der Waals surface area contributed by atoms with E-state index in [1.54, 1.807) is 0 Å². The van der Waals surface area contributed by atoms with Gasteiger partial charge in [-0.25, -0.2) is 0 Å². The topological polar surface area (TPSA) is 0 Å². The van der Waals surface area contributed by atoms with E-state index < -0.39 is 0 Å². The van der Waals surface area contributed by atoms with Crippen LogP contribution in [-0.4, -0.2) is 0 Å². The molecule has 0 aromatic heterocycles. The molecule has 0 bridgehead atoms. The molecule has 1 aliphatic rings. The quantitative estimate of drug-likeness (QED) is 0.579. The summed E-state index contributed by atoms with van der Waals surface area (Å²) in [5.74, 6) is 3.90. The second kappa shape index (κ2) is 3.60. The molecule has 0 saturated heterocycles. The summed E-state index contributed by atoms with van der Waals surface area (Å²) >= 11 is 0. The van der Waals surface area contributed by atoms with E-state index in [4.69, 9.17) is 0 Å². The maximum atomic E-state index is 2.44. The van der Waals surface area contributed by atoms with E-state index in [1.807, 2.05) is 0 Å². The molecule has 1 aliphatic carbocycles. The van der Waals surface area contributed by atoms with Crippen LogP contribution in [0.1, 0.15) is 47.0 Å². The molecule has 1 saturated carbocycles. The van der Waals surface area contributed by atoms with E-state index in [-0.39, 0.29) is 0 Å². The summed E-state index contributed by atoms with van der Waals surface area (Å²) in [4.78, 5) is 0. The van der Waals surface area contributed by atoms with Gasteiger partial charge in [0.15, 0.2) is 0 Å². The van der Waals surface area contributed by atoms with Crippen molar-refractivity contribution >= 4 is 0 Å². The lowest BCUT2D eigenvalue weighted by atomic mass is 9.85. The Hall–Kier alpha value is 0. The molecular weight excluding hydrogens is 132 g/mol. The second-order valence-electron chi connectivity index (χ2n) is 4.80. The van der Waals surface area contributed by atoms with Gasteiger partial charge in [0, 0.05) is 0 Å². The largest absolute Gasteiger partial charge is 0.0628 e. The van der Waals surface area contributed by atoms with Crippen LogP contribution in [0, 0.1) is 23.7 Å². The summed E-state index contributed by atoms with van der Waals surface area (Å²) in [6.45, 7) is 9.51. The molecule has 2 unspecified atom stereocenters. The van der Waals surface area contributed by atoms with Crippen molar-refractivity contribution in [3.8, 4) is 0 Å². The molecule has 2 atom stereocenters. The smallest absolute Gasteiger partial charge is 0.0386 e. The summed E-state index contributed by atoms with van der Waals surface area (Å²) in [5, 5.41) is 0. The van der Waals surface area contributed by atoms with Gasteiger partial charge in [-0.05, 0) is 42.9 Å². The van der Waals surface area contributed by atoms with Crippen LogP contribution in [0.25, 0.3) is 0 Å². The van der Waals surface area contributed by atoms with E-state index in [2.05, 4.69) is 27.7 Å². The molecule has 1 fully saturated rings. The molecule has 0 N–H and O–H groups in total. The molecule has 0 aromatic rings. The minimum Gasteiger partial charge on any atom is -0.0628 e. The minimum atomic E-state index is 0.881. The van der Waals surface area contributed by atoms with Crippen LogP contribution < -0.4 is 0 Å². The highest BCUT2D eigenvalue weighted by molar-refractivity contribution is 4.81. The maximum Gasteiger partial charge on any atom is -0.0386 e. The zero-order valence-electron chi connectivity index (χ0n) is 8.43. The van der Waals surface area contributed by atoms with Crippen molar-refractivity contribution in [1.82, 2.24) is 0 Å². The van der Waals surface area contributed by atoms with Crippen LogP contribution in [0.3, 0.4) is 0 Å². The molecule has 66 valence electrons. The van der Waals surface area contributed by atoms with Crippen molar-refractivity contribution < 1.29 is 0 Å². The van der Waals surface area contributed by atoms with Crippen molar-refractivity contribution in [3.63, 3.8) is 0 Å². The number of rotatable bonds is 4. The van der Waals surface area contributed by atoms with Gasteiger partial charge in [-0.3, -0.25) is 0 Å². The molecular formula is C11H22. The Morgan fingerprint density at radius 2 is 1.64 bits per heavy atom. The molecule has 0 radical (unpaired) electrons. The van der Waals surface area contributed by atoms with Crippen molar-refractivity contribution in [1.29, 1.82) is 0 Å². The highest BCUT2D eigenvalue weighted by Crippen LogP contribution is 2.41. The molecule has 0 nitrogen and oxygen atoms in total. The van der Waals surface area contributed by atoms with E-state index in [0.717, 1.165) is 23.7 Å². The fourth-order valence-electron chi connectivity index (χ4n) is 2.04. The minimum absolute atomic E-state index is 0.881. The standard InChI is InChI=1S/C11H22/c1-8(2)7-9(3)10(4)11-5-6-11/h8-11H,5-7H2,1-4H3. The third-order valence-electron chi connectivity index (χ3n) is 3.11. The summed E-state index contributed by atoms with van der Waals surface area (Å²) < 4.78 is 0. The van der Waals surface area contributed by atoms with Gasteiger partial charge in [0.2, 0.25) is 0 Å². The molecule has 1 rings (SSSR count). The Kier molecular flexibility index (Phi) is 2.98. The van der Waals surface area contributed by atoms with E-state index in [9.17, 15) is 0 Å². The molecule has 0 spiro atoms. The Morgan fingerprint density at radius 1 is 1.09 bits per heavy atom. The fraction of sp³-hybridized carbons (Fsp3) is 1.00. The Morgan fingerprint density at radius 3 is 2.00 bits per heavy atom. The average molecular weight is 154 g/mol. The van der Waals surface area contributed by atoms with Gasteiger partial charge in [-0.1, -0.05) is 27.7 Å². The first-order valence-corrected chi connectivity index (χ1v) is 5.11. The fourth-order valence-corrected chi connectivity index (χ4v) is 2.04. The van der Waals surface area contributed by atoms with Gasteiger partial charge in [-0.2, -0.15) is 0 Å². The van der Waals surface area contributed by atoms with Gasteiger partial charge < -0.3 is 0 Å². The lowest BCUT2D eigenvalue weighted by Crippen LogP contribution is -2.12. The van der Waals surface area contributed by atoms with E-state index in [1.165, 1.54) is 19.3 Å². The Labute approximate surface area is 71.4 Å². The highest BCUT2D eigenvalue weighted by Gasteiger charge is 2.31. The maximum absolute atomic E-state index is 2.44. The third kappa shape index (κ3) is 2.84. The van der Waals surface area contributed by atoms with E-state index in [0.29, 0.717) is 0 Å². The van der Waals surface area contributed by atoms with Crippen LogP contribution in [0.2, 0.25) is 0 Å². The lowest BCUT2D eigenvalue weighted by molar-refractivity contribution is 0.294. The summed E-state index contributed by atoms with van der Waals surface area (Å²) in [6, 6.07) is 0. The van der Waals surface area contributed by atoms with Crippen molar-refractivity contribution in [2.45, 2.75) is 47.0 Å². The van der Waals surface area contributed by atoms with E-state index >= 15 is 0 Å². The number of hydrogen-bond acceptors (Lipinski definition) is 0. The van der Waals surface area contributed by atoms with Gasteiger partial charge in [0.25, 0.3) is 0 Å². The molecule has 0 heterocycles. The Bertz CT molecular complexity index is 111. The van der Waals surface area contributed by atoms with Gasteiger partial charge in [0.05, 0.1) is 0 Å². The first kappa shape index (κ1) is 9.09. The predicted octanol–water partition coefficient (Wildman–Crippen LogP) is 3.71. The normalized spacial score (nSPS) is 23.7. The number of hydrogen-bond donors (Lipinski definition) is 0. The zero-order valence-corrected chi connectivity index (χ0v) is 8.43. The van der Waals surface area contributed by atoms with Crippen molar-refractivity contribution in [3.05, 3.63) is 0 Å². The van der Waals surface area contributed by atoms with Crippen molar-refractivity contribution in [2.75, 3.05) is 0 Å². The third-order valence-corrected chi connectivity index (χ3v) is 3.11. The molecule has 0 aromatic carbocycles. The SMILES string of the molecule is CC(C)CC(C)C(C)C1CC1. The lowest BCUT2D eigenvalue weighted by Gasteiger charge is -2.20. The molecule has 0 heteroatoms. The average Bonchev–Trinajstić information content (AvgIpc) is 2.65. The Balaban J connectivity index is 2.21. The van der Waals surface area contributed by atoms with Crippen LogP contribution in [0.5, 0.6) is 0 Å². The first-order chi connectivity index (χ1) is 5.11. The van der Waals surface area contributed by atoms with Crippen LogP contribution in [0.4, 0.5) is 0 Å². The summed E-state index contributed by atoms with van der Waals surface area (Å²) in [6.07, 6.45) is 4.42. The summed E-state index contributed by atoms with van der Waals surface area (Å²) in [7, 11) is 0. The van der Waals surface area contributed by atoms with Gasteiger partial charge >= 0.3 is 0 Å². The van der Waals surface area contributed by atoms with Crippen LogP contribution >= 0.6 is 0 Å². The van der Waals surface area contributed by atoms with Crippen molar-refractivity contribution in [2.24, 2.45) is 23.7 Å². The summed E-state index contributed by atoms with van der Waals surface area (Å²) in [5.41, 5.74) is 0. The van der Waals surface area contributed by atoms with Gasteiger partial charge in [-0.15, -0.1) is 0 Å². The van der Waals surface area contributed by atoms with Crippen LogP contribution in [0.15, 0.2) is 0 Å². The first-order valence-electron chi connectivity index (χ1n) is 5.11. The van der Waals surface area contributed by atoms with Gasteiger partial charge in [0.1, 0.15) is 0 Å². The monoisotopic (exact) mass is 154 g/mol. The second-order valence-corrected chi connectivity index (χ2v) is 4.80. The molecule has 11 heavy (non-hydrogen) atoms.